The predicted octanol–water partition coefficient (Wildman–Crippen LogP) is 7.27. The van der Waals surface area contributed by atoms with Crippen LogP contribution in [0.25, 0.3) is 11.1 Å². The Kier molecular flexibility index (Phi) is 9.37. The van der Waals surface area contributed by atoms with Gasteiger partial charge in [0.15, 0.2) is 0 Å². The number of carbonyl (C=O) groups is 1. The number of amides is 1. The number of hydrogen-bond donors (Lipinski definition) is 2. The van der Waals surface area contributed by atoms with Crippen LogP contribution in [0.4, 0.5) is 18.9 Å². The Morgan fingerprint density at radius 1 is 1.05 bits per heavy atom. The molecule has 1 aliphatic carbocycles. The van der Waals surface area contributed by atoms with Gasteiger partial charge in [0.05, 0.1) is 17.2 Å². The molecule has 41 heavy (non-hydrogen) atoms. The first-order chi connectivity index (χ1) is 19.4. The van der Waals surface area contributed by atoms with E-state index in [2.05, 4.69) is 15.5 Å². The fraction of sp³-hybridized carbons (Fsp3) is 0.344. The maximum atomic E-state index is 13.6. The molecule has 5 nitrogen and oxygen atoms in total. The van der Waals surface area contributed by atoms with Crippen LogP contribution in [0.3, 0.4) is 0 Å². The van der Waals surface area contributed by atoms with E-state index in [9.17, 15) is 23.1 Å². The Morgan fingerprint density at radius 2 is 1.73 bits per heavy atom. The molecule has 0 aromatic heterocycles. The number of nitriles is 1. The predicted molar refractivity (Wildman–Crippen MR) is 159 cm³/mol. The molecule has 3 aromatic rings. The summed E-state index contributed by atoms with van der Waals surface area (Å²) in [6, 6.07) is 20.3. The van der Waals surface area contributed by atoms with Crippen molar-refractivity contribution in [1.82, 2.24) is 4.31 Å². The van der Waals surface area contributed by atoms with Gasteiger partial charge >= 0.3 is 6.18 Å². The number of anilines is 1. The summed E-state index contributed by atoms with van der Waals surface area (Å²) in [5.74, 6) is 3.11. The van der Waals surface area contributed by atoms with Gasteiger partial charge in [-0.2, -0.15) is 18.4 Å². The van der Waals surface area contributed by atoms with Crippen LogP contribution in [0, 0.1) is 17.2 Å². The number of nitrogens with zero attached hydrogens (tertiary/aromatic N) is 2. The molecule has 0 spiro atoms. The number of benzene rings is 3. The van der Waals surface area contributed by atoms with Crippen LogP contribution in [0.5, 0.6) is 0 Å². The van der Waals surface area contributed by atoms with E-state index in [-0.39, 0.29) is 28.7 Å². The Bertz CT molecular complexity index is 1460. The number of hydrogen-bond acceptors (Lipinski definition) is 4. The Balaban J connectivity index is 1.63. The highest BCUT2D eigenvalue weighted by atomic mass is 32.2. The van der Waals surface area contributed by atoms with Crippen molar-refractivity contribution in [2.24, 2.45) is 5.92 Å². The van der Waals surface area contributed by atoms with E-state index < -0.39 is 28.8 Å². The van der Waals surface area contributed by atoms with Gasteiger partial charge in [-0.05, 0) is 79.9 Å². The van der Waals surface area contributed by atoms with Crippen LogP contribution in [-0.2, 0) is 17.4 Å². The van der Waals surface area contributed by atoms with Crippen molar-refractivity contribution in [2.75, 3.05) is 19.4 Å². The first-order valence-electron chi connectivity index (χ1n) is 13.5. The summed E-state index contributed by atoms with van der Waals surface area (Å²) in [5.41, 5.74) is -0.957. The number of halogens is 3. The topological polar surface area (TPSA) is 76.4 Å². The Hall–Kier alpha value is -3.45. The molecular weight excluding hydrogens is 547 g/mol. The molecule has 216 valence electrons. The quantitative estimate of drug-likeness (QED) is 0.274. The van der Waals surface area contributed by atoms with Gasteiger partial charge in [-0.1, -0.05) is 72.2 Å². The number of rotatable bonds is 8. The lowest BCUT2D eigenvalue weighted by Gasteiger charge is -2.37. The van der Waals surface area contributed by atoms with Crippen molar-refractivity contribution in [3.8, 4) is 17.2 Å². The lowest BCUT2D eigenvalue weighted by atomic mass is 9.73. The summed E-state index contributed by atoms with van der Waals surface area (Å²) in [6.07, 6.45) is -0.722. The molecule has 1 amide bonds. The van der Waals surface area contributed by atoms with Crippen molar-refractivity contribution in [2.45, 2.75) is 55.2 Å². The van der Waals surface area contributed by atoms with Gasteiger partial charge in [0.1, 0.15) is 5.60 Å². The molecule has 3 aromatic carbocycles. The average Bonchev–Trinajstić information content (AvgIpc) is 2.96. The van der Waals surface area contributed by atoms with Gasteiger partial charge < -0.3 is 10.4 Å². The summed E-state index contributed by atoms with van der Waals surface area (Å²) in [5, 5.41) is 23.6. The highest BCUT2D eigenvalue weighted by Crippen LogP contribution is 2.38. The van der Waals surface area contributed by atoms with E-state index in [0.29, 0.717) is 12.8 Å². The van der Waals surface area contributed by atoms with Crippen molar-refractivity contribution in [3.63, 3.8) is 0 Å². The second-order valence-electron chi connectivity index (χ2n) is 10.7. The van der Waals surface area contributed by atoms with Crippen LogP contribution >= 0.6 is 10.7 Å². The summed E-state index contributed by atoms with van der Waals surface area (Å²) in [7, 11) is 3.69. The minimum Gasteiger partial charge on any atom is -0.379 e. The molecule has 2 atom stereocenters. The number of aliphatic hydroxyl groups is 1. The molecule has 0 heterocycles. The molecule has 4 rings (SSSR count). The molecule has 1 aliphatic rings. The van der Waals surface area contributed by atoms with Crippen molar-refractivity contribution in [1.29, 1.82) is 5.26 Å². The van der Waals surface area contributed by atoms with E-state index in [1.54, 1.807) is 6.07 Å². The van der Waals surface area contributed by atoms with Crippen molar-refractivity contribution >= 4 is 28.1 Å². The van der Waals surface area contributed by atoms with Crippen LogP contribution in [0.15, 0.2) is 71.6 Å². The third-order valence-corrected chi connectivity index (χ3v) is 9.38. The third-order valence-electron chi connectivity index (χ3n) is 7.68. The van der Waals surface area contributed by atoms with Crippen molar-refractivity contribution in [3.05, 3.63) is 83.4 Å². The van der Waals surface area contributed by atoms with Crippen molar-refractivity contribution < 1.29 is 23.1 Å². The van der Waals surface area contributed by atoms with Gasteiger partial charge in [0.2, 0.25) is 0 Å². The molecule has 1 saturated carbocycles. The largest absolute Gasteiger partial charge is 0.417 e. The zero-order valence-electron chi connectivity index (χ0n) is 23.2. The highest BCUT2D eigenvalue weighted by Gasteiger charge is 2.44. The smallest absolute Gasteiger partial charge is 0.379 e. The van der Waals surface area contributed by atoms with Gasteiger partial charge in [-0.15, -0.1) is 0 Å². The summed E-state index contributed by atoms with van der Waals surface area (Å²) >= 11 is 0. The van der Waals surface area contributed by atoms with E-state index in [0.717, 1.165) is 53.0 Å². The van der Waals surface area contributed by atoms with Gasteiger partial charge in [0.25, 0.3) is 5.91 Å². The van der Waals surface area contributed by atoms with Crippen LogP contribution in [-0.4, -0.2) is 40.9 Å². The molecule has 1 fully saturated rings. The van der Waals surface area contributed by atoms with E-state index in [4.69, 9.17) is 5.26 Å². The van der Waals surface area contributed by atoms with Crippen LogP contribution in [0.1, 0.15) is 48.8 Å². The molecule has 0 bridgehead atoms. The molecule has 0 saturated heterocycles. The van der Waals surface area contributed by atoms with Gasteiger partial charge in [0, 0.05) is 17.0 Å². The fourth-order valence-corrected chi connectivity index (χ4v) is 6.24. The highest BCUT2D eigenvalue weighted by molar-refractivity contribution is 8.12. The summed E-state index contributed by atoms with van der Waals surface area (Å²) in [4.78, 5) is 14.8. The zero-order chi connectivity index (χ0) is 29.8. The third kappa shape index (κ3) is 7.07. The SMILES string of the molecule is C=S(c1ccc(-c2cccc(CC(O)(C(=O)Nc3ccc(C#N)c(C(F)(F)F)c3)C3CCCCC3)c2)cc1)N(C)C. The van der Waals surface area contributed by atoms with Gasteiger partial charge in [-0.3, -0.25) is 9.10 Å². The fourth-order valence-electron chi connectivity index (χ4n) is 5.37. The normalized spacial score (nSPS) is 16.5. The van der Waals surface area contributed by atoms with E-state index >= 15 is 0 Å². The summed E-state index contributed by atoms with van der Waals surface area (Å²) < 4.78 is 42.6. The summed E-state index contributed by atoms with van der Waals surface area (Å²) in [6.45, 7) is 0. The Morgan fingerprint density at radius 3 is 2.34 bits per heavy atom. The Labute approximate surface area is 241 Å². The first kappa shape index (κ1) is 30.5. The molecule has 2 N–H and O–H groups in total. The standard InChI is InChI=1S/C32H34F3N3O2S/c1-38(2)41(3)28-16-13-23(14-17-28)24-9-7-8-22(18-24)20-31(40,26-10-5-4-6-11-26)30(39)37-27-15-12-25(21-36)29(19-27)32(33,34)35/h7-9,12-19,26,40H,3-6,10-11,20H2,1-2H3,(H,37,39). The molecule has 2 unspecified atom stereocenters. The first-order valence-corrected chi connectivity index (χ1v) is 14.8. The zero-order valence-corrected chi connectivity index (χ0v) is 24.0. The second-order valence-corrected chi connectivity index (χ2v) is 12.6. The lowest BCUT2D eigenvalue weighted by molar-refractivity contribution is -0.142. The van der Waals surface area contributed by atoms with Gasteiger partial charge in [-0.25, -0.2) is 0 Å². The maximum Gasteiger partial charge on any atom is 0.417 e. The molecular formula is C32H34F3N3O2S. The monoisotopic (exact) mass is 581 g/mol. The molecule has 0 aliphatic heterocycles. The van der Waals surface area contributed by atoms with Crippen LogP contribution < -0.4 is 5.32 Å². The minimum absolute atomic E-state index is 0.0147. The number of carbonyl (C=O) groups excluding carboxylic acids is 1. The van der Waals surface area contributed by atoms with E-state index in [1.165, 1.54) is 6.07 Å². The molecule has 0 radical (unpaired) electrons. The maximum absolute atomic E-state index is 13.6. The molecule has 9 heteroatoms. The minimum atomic E-state index is -4.76. The number of nitrogens with one attached hydrogen (secondary N) is 1. The van der Waals surface area contributed by atoms with E-state index in [1.807, 2.05) is 62.6 Å². The average molecular weight is 582 g/mol. The second kappa shape index (κ2) is 12.6. The number of alkyl halides is 3. The lowest BCUT2D eigenvalue weighted by Crippen LogP contribution is -2.51. The van der Waals surface area contributed by atoms with Crippen LogP contribution in [0.2, 0.25) is 0 Å².